The molecule has 0 spiro atoms. The van der Waals surface area contributed by atoms with E-state index in [0.29, 0.717) is 0 Å². The number of rotatable bonds is 0. The molecule has 0 saturated carbocycles. The minimum Gasteiger partial charge on any atom is -0.459 e. The second kappa shape index (κ2) is 4.56. The zero-order valence-corrected chi connectivity index (χ0v) is 9.53. The van der Waals surface area contributed by atoms with E-state index >= 15 is 0 Å². The lowest BCUT2D eigenvalue weighted by Crippen LogP contribution is -2.19. The fraction of sp³-hybridized carbons (Fsp3) is 0.545. The molecule has 1 aliphatic heterocycles. The lowest BCUT2D eigenvalue weighted by molar-refractivity contribution is -0.133. The van der Waals surface area contributed by atoms with Crippen LogP contribution in [0.2, 0.25) is 0 Å². The third-order valence-electron chi connectivity index (χ3n) is 1.93. The van der Waals surface area contributed by atoms with E-state index in [-0.39, 0.29) is 4.75 Å². The van der Waals surface area contributed by atoms with Crippen molar-refractivity contribution in [2.75, 3.05) is 12.9 Å². The predicted octanol–water partition coefficient (Wildman–Crippen LogP) is 2.00. The lowest BCUT2D eigenvalue weighted by atomic mass is 10.0. The van der Waals surface area contributed by atoms with Gasteiger partial charge >= 0.3 is 5.97 Å². The Hall–Kier alpha value is -0.880. The summed E-state index contributed by atoms with van der Waals surface area (Å²) in [6.45, 7) is 4.37. The van der Waals surface area contributed by atoms with Gasteiger partial charge in [-0.2, -0.15) is 11.8 Å². The summed E-state index contributed by atoms with van der Waals surface area (Å²) >= 11 is 1.90. The van der Waals surface area contributed by atoms with Gasteiger partial charge in [0.1, 0.15) is 0 Å². The first kappa shape index (κ1) is 11.2. The highest BCUT2D eigenvalue weighted by Crippen LogP contribution is 2.34. The molecule has 0 aromatic carbocycles. The molecule has 0 aliphatic carbocycles. The second-order valence-electron chi connectivity index (χ2n) is 3.72. The third-order valence-corrected chi connectivity index (χ3v) is 3.19. The number of allylic oxidation sites excluding steroid dienone is 1. The Morgan fingerprint density at radius 1 is 1.64 bits per heavy atom. The van der Waals surface area contributed by atoms with Crippen LogP contribution in [0.1, 0.15) is 20.3 Å². The first-order chi connectivity index (χ1) is 6.53. The van der Waals surface area contributed by atoms with Crippen LogP contribution in [0.4, 0.5) is 0 Å². The van der Waals surface area contributed by atoms with E-state index in [1.807, 2.05) is 11.8 Å². The van der Waals surface area contributed by atoms with Crippen LogP contribution < -0.4 is 0 Å². The Morgan fingerprint density at radius 2 is 2.36 bits per heavy atom. The molecule has 0 N–H and O–H groups in total. The van der Waals surface area contributed by atoms with E-state index in [4.69, 9.17) is 0 Å². The van der Waals surface area contributed by atoms with Crippen molar-refractivity contribution in [1.82, 2.24) is 0 Å². The van der Waals surface area contributed by atoms with Crippen LogP contribution in [0.3, 0.4) is 0 Å². The molecule has 0 saturated heterocycles. The number of hydrogen-bond acceptors (Lipinski definition) is 3. The van der Waals surface area contributed by atoms with Crippen LogP contribution in [0.15, 0.2) is 11.6 Å². The standard InChI is InChI=1S/C11H14O2S/c1-11(2)8-9(6-7-14-11)4-5-10(12)13-3/h6H,7-8H2,1-3H3. The van der Waals surface area contributed by atoms with Crippen molar-refractivity contribution >= 4 is 17.7 Å². The summed E-state index contributed by atoms with van der Waals surface area (Å²) in [5.74, 6) is 5.80. The van der Waals surface area contributed by atoms with E-state index in [1.54, 1.807) is 0 Å². The molecule has 1 heterocycles. The molecule has 0 aromatic rings. The normalized spacial score (nSPS) is 18.9. The van der Waals surface area contributed by atoms with Crippen molar-refractivity contribution in [1.29, 1.82) is 0 Å². The number of thioether (sulfide) groups is 1. The highest BCUT2D eigenvalue weighted by atomic mass is 32.2. The van der Waals surface area contributed by atoms with Crippen LogP contribution in [0, 0.1) is 11.8 Å². The number of carbonyl (C=O) groups is 1. The van der Waals surface area contributed by atoms with Gasteiger partial charge in [0.2, 0.25) is 0 Å². The SMILES string of the molecule is COC(=O)C#CC1=CCSC(C)(C)C1. The van der Waals surface area contributed by atoms with E-state index in [0.717, 1.165) is 17.7 Å². The average molecular weight is 210 g/mol. The minimum atomic E-state index is -0.470. The van der Waals surface area contributed by atoms with Crippen LogP contribution in [0.5, 0.6) is 0 Å². The summed E-state index contributed by atoms with van der Waals surface area (Å²) in [4.78, 5) is 10.8. The van der Waals surface area contributed by atoms with Crippen molar-refractivity contribution in [2.45, 2.75) is 25.0 Å². The summed E-state index contributed by atoms with van der Waals surface area (Å²) in [6, 6.07) is 0. The van der Waals surface area contributed by atoms with Gasteiger partial charge in [0, 0.05) is 22.0 Å². The van der Waals surface area contributed by atoms with Gasteiger partial charge in [-0.3, -0.25) is 0 Å². The van der Waals surface area contributed by atoms with E-state index in [2.05, 4.69) is 36.5 Å². The van der Waals surface area contributed by atoms with E-state index < -0.39 is 5.97 Å². The molecule has 0 bridgehead atoms. The van der Waals surface area contributed by atoms with Gasteiger partial charge in [0.15, 0.2) is 0 Å². The second-order valence-corrected chi connectivity index (χ2v) is 5.45. The Labute approximate surface area is 89.1 Å². The van der Waals surface area contributed by atoms with Crippen molar-refractivity contribution in [3.8, 4) is 11.8 Å². The Morgan fingerprint density at radius 3 is 2.93 bits per heavy atom. The van der Waals surface area contributed by atoms with E-state index in [9.17, 15) is 4.79 Å². The molecule has 76 valence electrons. The maximum Gasteiger partial charge on any atom is 0.384 e. The largest absolute Gasteiger partial charge is 0.459 e. The van der Waals surface area contributed by atoms with Gasteiger partial charge in [0.05, 0.1) is 7.11 Å². The number of esters is 1. The third kappa shape index (κ3) is 3.47. The Bertz CT molecular complexity index is 318. The highest BCUT2D eigenvalue weighted by molar-refractivity contribution is 8.00. The van der Waals surface area contributed by atoms with Gasteiger partial charge in [-0.15, -0.1) is 0 Å². The van der Waals surface area contributed by atoms with E-state index in [1.165, 1.54) is 7.11 Å². The molecule has 0 amide bonds. The number of hydrogen-bond donors (Lipinski definition) is 0. The van der Waals surface area contributed by atoms with Gasteiger partial charge in [0.25, 0.3) is 0 Å². The lowest BCUT2D eigenvalue weighted by Gasteiger charge is -2.27. The molecule has 3 heteroatoms. The van der Waals surface area contributed by atoms with Gasteiger partial charge in [-0.25, -0.2) is 4.79 Å². The van der Waals surface area contributed by atoms with Gasteiger partial charge < -0.3 is 4.74 Å². The zero-order chi connectivity index (χ0) is 10.6. The van der Waals surface area contributed by atoms with Gasteiger partial charge in [-0.1, -0.05) is 25.8 Å². The molecule has 0 atom stereocenters. The highest BCUT2D eigenvalue weighted by Gasteiger charge is 2.22. The molecule has 0 aromatic heterocycles. The average Bonchev–Trinajstić information content (AvgIpc) is 2.12. The summed E-state index contributed by atoms with van der Waals surface area (Å²) < 4.78 is 4.68. The number of ether oxygens (including phenoxy) is 1. The fourth-order valence-electron chi connectivity index (χ4n) is 1.23. The first-order valence-electron chi connectivity index (χ1n) is 4.46. The molecular weight excluding hydrogens is 196 g/mol. The topological polar surface area (TPSA) is 26.3 Å². The summed E-state index contributed by atoms with van der Waals surface area (Å²) in [5.41, 5.74) is 1.04. The molecule has 0 unspecified atom stereocenters. The quantitative estimate of drug-likeness (QED) is 0.347. The van der Waals surface area contributed by atoms with Crippen molar-refractivity contribution < 1.29 is 9.53 Å². The molecule has 0 radical (unpaired) electrons. The zero-order valence-electron chi connectivity index (χ0n) is 8.72. The first-order valence-corrected chi connectivity index (χ1v) is 5.45. The molecule has 14 heavy (non-hydrogen) atoms. The van der Waals surface area contributed by atoms with Crippen LogP contribution in [-0.2, 0) is 9.53 Å². The predicted molar refractivity (Wildman–Crippen MR) is 59.0 cm³/mol. The number of carbonyl (C=O) groups excluding carboxylic acids is 1. The van der Waals surface area contributed by atoms with Gasteiger partial charge in [-0.05, 0) is 6.42 Å². The molecule has 0 fully saturated rings. The van der Waals surface area contributed by atoms with Crippen molar-refractivity contribution in [3.63, 3.8) is 0 Å². The maximum absolute atomic E-state index is 10.8. The molecular formula is C11H14O2S. The number of methoxy groups -OCH3 is 1. The van der Waals surface area contributed by atoms with Crippen LogP contribution >= 0.6 is 11.8 Å². The Balaban J connectivity index is 2.65. The maximum atomic E-state index is 10.8. The molecule has 2 nitrogen and oxygen atoms in total. The summed E-state index contributed by atoms with van der Waals surface area (Å²) in [5, 5.41) is 0. The van der Waals surface area contributed by atoms with Crippen LogP contribution in [-0.4, -0.2) is 23.6 Å². The van der Waals surface area contributed by atoms with Crippen molar-refractivity contribution in [3.05, 3.63) is 11.6 Å². The van der Waals surface area contributed by atoms with Crippen LogP contribution in [0.25, 0.3) is 0 Å². The van der Waals surface area contributed by atoms with Crippen molar-refractivity contribution in [2.24, 2.45) is 0 Å². The molecule has 1 rings (SSSR count). The monoisotopic (exact) mass is 210 g/mol. The summed E-state index contributed by atoms with van der Waals surface area (Å²) in [7, 11) is 1.34. The summed E-state index contributed by atoms with van der Waals surface area (Å²) in [6.07, 6.45) is 2.99. The fourth-order valence-corrected chi connectivity index (χ4v) is 2.22. The smallest absolute Gasteiger partial charge is 0.384 e. The minimum absolute atomic E-state index is 0.231. The Kier molecular flexibility index (Phi) is 3.65. The molecule has 1 aliphatic rings.